The van der Waals surface area contributed by atoms with Crippen molar-refractivity contribution in [1.82, 2.24) is 10.2 Å². The van der Waals surface area contributed by atoms with Crippen LogP contribution in [-0.2, 0) is 4.74 Å². The molecule has 122 valence electrons. The van der Waals surface area contributed by atoms with E-state index in [2.05, 4.69) is 10.2 Å². The summed E-state index contributed by atoms with van der Waals surface area (Å²) in [6, 6.07) is 0.862. The van der Waals surface area contributed by atoms with Crippen LogP contribution in [0, 0.1) is 0 Å². The SMILES string of the molecule is CC(C)(C)OC(=O)NC1CCC(N2CCC(O)CC2)CC1. The molecule has 1 saturated heterocycles. The summed E-state index contributed by atoms with van der Waals surface area (Å²) in [6.45, 7) is 7.67. The van der Waals surface area contributed by atoms with E-state index in [1.54, 1.807) is 0 Å². The number of aliphatic hydroxyl groups excluding tert-OH is 1. The molecule has 0 atom stereocenters. The fourth-order valence-corrected chi connectivity index (χ4v) is 3.31. The van der Waals surface area contributed by atoms with Gasteiger partial charge in [-0.3, -0.25) is 0 Å². The van der Waals surface area contributed by atoms with Crippen molar-refractivity contribution in [3.8, 4) is 0 Å². The molecule has 0 aromatic carbocycles. The van der Waals surface area contributed by atoms with Crippen LogP contribution in [0.15, 0.2) is 0 Å². The molecule has 1 saturated carbocycles. The maximum atomic E-state index is 11.8. The highest BCUT2D eigenvalue weighted by molar-refractivity contribution is 5.68. The molecule has 2 rings (SSSR count). The second-order valence-corrected chi connectivity index (χ2v) is 7.42. The van der Waals surface area contributed by atoms with Crippen LogP contribution in [0.2, 0.25) is 0 Å². The summed E-state index contributed by atoms with van der Waals surface area (Å²) in [7, 11) is 0. The number of nitrogens with zero attached hydrogens (tertiary/aromatic N) is 1. The third-order valence-electron chi connectivity index (χ3n) is 4.43. The molecule has 2 N–H and O–H groups in total. The maximum Gasteiger partial charge on any atom is 0.407 e. The van der Waals surface area contributed by atoms with E-state index in [9.17, 15) is 9.90 Å². The quantitative estimate of drug-likeness (QED) is 0.821. The van der Waals surface area contributed by atoms with Gasteiger partial charge in [-0.25, -0.2) is 4.79 Å². The van der Waals surface area contributed by atoms with Crippen LogP contribution in [-0.4, -0.2) is 53.0 Å². The van der Waals surface area contributed by atoms with Gasteiger partial charge >= 0.3 is 6.09 Å². The van der Waals surface area contributed by atoms with E-state index in [0.29, 0.717) is 6.04 Å². The van der Waals surface area contributed by atoms with Crippen molar-refractivity contribution >= 4 is 6.09 Å². The molecule has 2 aliphatic rings. The first-order valence-corrected chi connectivity index (χ1v) is 8.25. The van der Waals surface area contributed by atoms with Crippen molar-refractivity contribution in [2.45, 2.75) is 83.1 Å². The molecular weight excluding hydrogens is 268 g/mol. The number of piperidine rings is 1. The standard InChI is InChI=1S/C16H30N2O3/c1-16(2,3)21-15(20)17-12-4-6-13(7-5-12)18-10-8-14(19)9-11-18/h12-14,19H,4-11H2,1-3H3,(H,17,20). The smallest absolute Gasteiger partial charge is 0.407 e. The summed E-state index contributed by atoms with van der Waals surface area (Å²) in [6.07, 6.45) is 5.67. The van der Waals surface area contributed by atoms with Crippen molar-refractivity contribution < 1.29 is 14.6 Å². The fraction of sp³-hybridized carbons (Fsp3) is 0.938. The Hall–Kier alpha value is -0.810. The Balaban J connectivity index is 1.69. The molecule has 0 radical (unpaired) electrons. The van der Waals surface area contributed by atoms with Crippen LogP contribution >= 0.6 is 0 Å². The number of carbonyl (C=O) groups is 1. The van der Waals surface area contributed by atoms with Crippen molar-refractivity contribution in [1.29, 1.82) is 0 Å². The number of nitrogens with one attached hydrogen (secondary N) is 1. The Labute approximate surface area is 128 Å². The average Bonchev–Trinajstić information content (AvgIpc) is 2.38. The van der Waals surface area contributed by atoms with E-state index in [-0.39, 0.29) is 18.2 Å². The fourth-order valence-electron chi connectivity index (χ4n) is 3.31. The molecule has 1 heterocycles. The Bertz CT molecular complexity index is 338. The van der Waals surface area contributed by atoms with Crippen molar-refractivity contribution in [3.05, 3.63) is 0 Å². The van der Waals surface area contributed by atoms with Gasteiger partial charge in [0.25, 0.3) is 0 Å². The third kappa shape index (κ3) is 5.47. The number of rotatable bonds is 2. The Morgan fingerprint density at radius 2 is 1.67 bits per heavy atom. The lowest BCUT2D eigenvalue weighted by Crippen LogP contribution is -2.47. The minimum absolute atomic E-state index is 0.105. The first-order chi connectivity index (χ1) is 9.83. The lowest BCUT2D eigenvalue weighted by molar-refractivity contribution is 0.0388. The molecule has 2 fully saturated rings. The van der Waals surface area contributed by atoms with Gasteiger partial charge in [0.1, 0.15) is 5.60 Å². The van der Waals surface area contributed by atoms with Crippen LogP contribution in [0.5, 0.6) is 0 Å². The summed E-state index contributed by atoms with van der Waals surface area (Å²) in [5, 5.41) is 12.6. The van der Waals surface area contributed by atoms with Crippen LogP contribution < -0.4 is 5.32 Å². The van der Waals surface area contributed by atoms with Gasteiger partial charge in [-0.05, 0) is 59.3 Å². The highest BCUT2D eigenvalue weighted by atomic mass is 16.6. The van der Waals surface area contributed by atoms with Crippen LogP contribution in [0.25, 0.3) is 0 Å². The van der Waals surface area contributed by atoms with Gasteiger partial charge in [0.15, 0.2) is 0 Å². The topological polar surface area (TPSA) is 61.8 Å². The highest BCUT2D eigenvalue weighted by Crippen LogP contribution is 2.26. The van der Waals surface area contributed by atoms with E-state index in [4.69, 9.17) is 4.74 Å². The zero-order valence-electron chi connectivity index (χ0n) is 13.6. The van der Waals surface area contributed by atoms with Crippen LogP contribution in [0.1, 0.15) is 59.3 Å². The Morgan fingerprint density at radius 3 is 2.19 bits per heavy atom. The van der Waals surface area contributed by atoms with Gasteiger partial charge in [-0.2, -0.15) is 0 Å². The van der Waals surface area contributed by atoms with Gasteiger partial charge in [0.2, 0.25) is 0 Å². The van der Waals surface area contributed by atoms with E-state index >= 15 is 0 Å². The molecule has 5 heteroatoms. The first kappa shape index (κ1) is 16.6. The van der Waals surface area contributed by atoms with Crippen molar-refractivity contribution in [2.75, 3.05) is 13.1 Å². The zero-order chi connectivity index (χ0) is 15.5. The lowest BCUT2D eigenvalue weighted by Gasteiger charge is -2.40. The molecule has 0 aromatic heterocycles. The highest BCUT2D eigenvalue weighted by Gasteiger charge is 2.29. The number of amides is 1. The summed E-state index contributed by atoms with van der Waals surface area (Å²) < 4.78 is 5.31. The molecule has 1 aliphatic heterocycles. The Kier molecular flexibility index (Phi) is 5.49. The lowest BCUT2D eigenvalue weighted by atomic mass is 9.89. The molecule has 0 spiro atoms. The molecule has 0 bridgehead atoms. The molecule has 0 aromatic rings. The van der Waals surface area contributed by atoms with Gasteiger partial charge in [-0.15, -0.1) is 0 Å². The minimum Gasteiger partial charge on any atom is -0.444 e. The molecular formula is C16H30N2O3. The number of hydrogen-bond acceptors (Lipinski definition) is 4. The second kappa shape index (κ2) is 6.97. The molecule has 1 amide bonds. The number of alkyl carbamates (subject to hydrolysis) is 1. The van der Waals surface area contributed by atoms with Gasteiger partial charge in [-0.1, -0.05) is 0 Å². The number of likely N-dealkylation sites (tertiary alicyclic amines) is 1. The molecule has 1 aliphatic carbocycles. The second-order valence-electron chi connectivity index (χ2n) is 7.42. The van der Waals surface area contributed by atoms with E-state index in [0.717, 1.165) is 51.6 Å². The van der Waals surface area contributed by atoms with Crippen LogP contribution in [0.3, 0.4) is 0 Å². The van der Waals surface area contributed by atoms with E-state index in [1.165, 1.54) is 0 Å². The first-order valence-electron chi connectivity index (χ1n) is 8.25. The number of ether oxygens (including phenoxy) is 1. The summed E-state index contributed by atoms with van der Waals surface area (Å²) in [5.74, 6) is 0. The molecule has 21 heavy (non-hydrogen) atoms. The van der Waals surface area contributed by atoms with Gasteiger partial charge in [0.05, 0.1) is 6.10 Å². The normalized spacial score (nSPS) is 29.1. The summed E-state index contributed by atoms with van der Waals surface area (Å²) in [5.41, 5.74) is -0.435. The summed E-state index contributed by atoms with van der Waals surface area (Å²) >= 11 is 0. The molecule has 0 unspecified atom stereocenters. The zero-order valence-corrected chi connectivity index (χ0v) is 13.6. The van der Waals surface area contributed by atoms with Gasteiger partial charge in [0, 0.05) is 25.2 Å². The Morgan fingerprint density at radius 1 is 1.10 bits per heavy atom. The monoisotopic (exact) mass is 298 g/mol. The average molecular weight is 298 g/mol. The van der Waals surface area contributed by atoms with Crippen molar-refractivity contribution in [2.24, 2.45) is 0 Å². The minimum atomic E-state index is -0.435. The summed E-state index contributed by atoms with van der Waals surface area (Å²) in [4.78, 5) is 14.3. The van der Waals surface area contributed by atoms with Crippen molar-refractivity contribution in [3.63, 3.8) is 0 Å². The van der Waals surface area contributed by atoms with Crippen LogP contribution in [0.4, 0.5) is 4.79 Å². The predicted molar refractivity (Wildman–Crippen MR) is 82.2 cm³/mol. The third-order valence-corrected chi connectivity index (χ3v) is 4.43. The number of aliphatic hydroxyl groups is 1. The predicted octanol–water partition coefficient (Wildman–Crippen LogP) is 2.28. The van der Waals surface area contributed by atoms with E-state index in [1.807, 2.05) is 20.8 Å². The van der Waals surface area contributed by atoms with Gasteiger partial charge < -0.3 is 20.1 Å². The number of hydrogen-bond donors (Lipinski definition) is 2. The molecule has 5 nitrogen and oxygen atoms in total. The maximum absolute atomic E-state index is 11.8. The largest absolute Gasteiger partial charge is 0.444 e. The van der Waals surface area contributed by atoms with E-state index < -0.39 is 5.60 Å². The number of carbonyl (C=O) groups excluding carboxylic acids is 1.